The quantitative estimate of drug-likeness (QED) is 0.678. The zero-order valence-corrected chi connectivity index (χ0v) is 10.2. The highest BCUT2D eigenvalue weighted by Crippen LogP contribution is 2.27. The Morgan fingerprint density at radius 2 is 2.25 bits per heavy atom. The number of amides is 1. The van der Waals surface area contributed by atoms with Gasteiger partial charge in [-0.1, -0.05) is 6.92 Å². The molecule has 0 radical (unpaired) electrons. The van der Waals surface area contributed by atoms with E-state index in [0.717, 1.165) is 32.1 Å². The van der Waals surface area contributed by atoms with Crippen molar-refractivity contribution in [3.8, 4) is 0 Å². The molecule has 0 aromatic rings. The van der Waals surface area contributed by atoms with Crippen molar-refractivity contribution < 1.29 is 4.79 Å². The Balaban J connectivity index is 1.69. The molecule has 1 aliphatic heterocycles. The van der Waals surface area contributed by atoms with Crippen molar-refractivity contribution in [1.29, 1.82) is 0 Å². The summed E-state index contributed by atoms with van der Waals surface area (Å²) in [4.78, 5) is 14.0. The van der Waals surface area contributed by atoms with Crippen molar-refractivity contribution in [3.05, 3.63) is 0 Å². The molecule has 0 bridgehead atoms. The molecule has 2 aliphatic rings. The van der Waals surface area contributed by atoms with Gasteiger partial charge in [0.05, 0.1) is 6.54 Å². The molecule has 2 rings (SSSR count). The third-order valence-electron chi connectivity index (χ3n) is 3.59. The fraction of sp³-hybridized carbons (Fsp3) is 0.917. The van der Waals surface area contributed by atoms with Gasteiger partial charge in [-0.2, -0.15) is 0 Å². The summed E-state index contributed by atoms with van der Waals surface area (Å²) < 4.78 is 0. The lowest BCUT2D eigenvalue weighted by Crippen LogP contribution is -2.44. The summed E-state index contributed by atoms with van der Waals surface area (Å²) in [6.07, 6.45) is 3.76. The largest absolute Gasteiger partial charge is 0.355 e. The molecule has 1 atom stereocenters. The average Bonchev–Trinajstić information content (AvgIpc) is 2.97. The van der Waals surface area contributed by atoms with Crippen LogP contribution in [-0.4, -0.2) is 49.6 Å². The molecule has 1 saturated heterocycles. The standard InChI is InChI=1S/C12H23N3O/c1-2-15(11-5-6-13-8-11)9-12(16)14-7-10-3-4-10/h10-11,13H,2-9H2,1H3,(H,14,16). The molecular weight excluding hydrogens is 202 g/mol. The van der Waals surface area contributed by atoms with Crippen molar-refractivity contribution in [2.75, 3.05) is 32.7 Å². The van der Waals surface area contributed by atoms with Crippen molar-refractivity contribution in [1.82, 2.24) is 15.5 Å². The number of rotatable bonds is 6. The van der Waals surface area contributed by atoms with Gasteiger partial charge in [0.1, 0.15) is 0 Å². The highest BCUT2D eigenvalue weighted by Gasteiger charge is 2.24. The van der Waals surface area contributed by atoms with Crippen LogP contribution in [0.2, 0.25) is 0 Å². The van der Waals surface area contributed by atoms with Crippen LogP contribution in [-0.2, 0) is 4.79 Å². The Morgan fingerprint density at radius 3 is 2.81 bits per heavy atom. The minimum Gasteiger partial charge on any atom is -0.355 e. The minimum atomic E-state index is 0.195. The maximum atomic E-state index is 11.7. The first-order chi connectivity index (χ1) is 7.79. The molecule has 0 aromatic carbocycles. The molecule has 0 aromatic heterocycles. The fourth-order valence-corrected chi connectivity index (χ4v) is 2.27. The number of likely N-dealkylation sites (N-methyl/N-ethyl adjacent to an activating group) is 1. The normalized spacial score (nSPS) is 25.0. The molecule has 2 fully saturated rings. The molecule has 16 heavy (non-hydrogen) atoms. The molecule has 2 N–H and O–H groups in total. The Hall–Kier alpha value is -0.610. The average molecular weight is 225 g/mol. The summed E-state index contributed by atoms with van der Waals surface area (Å²) in [5, 5.41) is 6.38. The van der Waals surface area contributed by atoms with Crippen LogP contribution in [0.3, 0.4) is 0 Å². The molecule has 92 valence electrons. The zero-order chi connectivity index (χ0) is 11.4. The van der Waals surface area contributed by atoms with Gasteiger partial charge in [-0.05, 0) is 38.3 Å². The maximum absolute atomic E-state index is 11.7. The molecule has 1 saturated carbocycles. The minimum absolute atomic E-state index is 0.195. The maximum Gasteiger partial charge on any atom is 0.234 e. The van der Waals surface area contributed by atoms with E-state index in [-0.39, 0.29) is 5.91 Å². The summed E-state index contributed by atoms with van der Waals surface area (Å²) in [6, 6.07) is 0.552. The van der Waals surface area contributed by atoms with E-state index >= 15 is 0 Å². The summed E-state index contributed by atoms with van der Waals surface area (Å²) in [5.74, 6) is 0.966. The number of carbonyl (C=O) groups is 1. The van der Waals surface area contributed by atoms with Crippen molar-refractivity contribution in [2.45, 2.75) is 32.2 Å². The smallest absolute Gasteiger partial charge is 0.234 e. The Morgan fingerprint density at radius 1 is 1.44 bits per heavy atom. The van der Waals surface area contributed by atoms with Crippen LogP contribution >= 0.6 is 0 Å². The third kappa shape index (κ3) is 3.46. The van der Waals surface area contributed by atoms with Crippen LogP contribution in [0.15, 0.2) is 0 Å². The molecule has 1 unspecified atom stereocenters. The molecule has 4 nitrogen and oxygen atoms in total. The number of carbonyl (C=O) groups excluding carboxylic acids is 1. The van der Waals surface area contributed by atoms with Gasteiger partial charge in [-0.25, -0.2) is 0 Å². The topological polar surface area (TPSA) is 44.4 Å². The lowest BCUT2D eigenvalue weighted by Gasteiger charge is -2.26. The van der Waals surface area contributed by atoms with Crippen molar-refractivity contribution in [2.24, 2.45) is 5.92 Å². The number of hydrogen-bond donors (Lipinski definition) is 2. The van der Waals surface area contributed by atoms with Crippen LogP contribution in [0.4, 0.5) is 0 Å². The Bertz CT molecular complexity index is 234. The van der Waals surface area contributed by atoms with Gasteiger partial charge < -0.3 is 10.6 Å². The monoisotopic (exact) mass is 225 g/mol. The van der Waals surface area contributed by atoms with Crippen molar-refractivity contribution >= 4 is 5.91 Å². The molecule has 1 aliphatic carbocycles. The van der Waals surface area contributed by atoms with Crippen LogP contribution in [0.5, 0.6) is 0 Å². The number of hydrogen-bond acceptors (Lipinski definition) is 3. The highest BCUT2D eigenvalue weighted by molar-refractivity contribution is 5.78. The van der Waals surface area contributed by atoms with E-state index in [1.54, 1.807) is 0 Å². The van der Waals surface area contributed by atoms with Gasteiger partial charge in [0.2, 0.25) is 5.91 Å². The SMILES string of the molecule is CCN(CC(=O)NCC1CC1)C1CCNC1. The summed E-state index contributed by atoms with van der Waals surface area (Å²) in [5.41, 5.74) is 0. The van der Waals surface area contributed by atoms with Crippen LogP contribution in [0.1, 0.15) is 26.2 Å². The van der Waals surface area contributed by atoms with Crippen LogP contribution < -0.4 is 10.6 Å². The summed E-state index contributed by atoms with van der Waals surface area (Å²) in [7, 11) is 0. The van der Waals surface area contributed by atoms with E-state index in [1.165, 1.54) is 19.3 Å². The van der Waals surface area contributed by atoms with Gasteiger partial charge in [-0.15, -0.1) is 0 Å². The first kappa shape index (κ1) is 11.9. The van der Waals surface area contributed by atoms with E-state index in [0.29, 0.717) is 12.6 Å². The van der Waals surface area contributed by atoms with Crippen LogP contribution in [0, 0.1) is 5.92 Å². The third-order valence-corrected chi connectivity index (χ3v) is 3.59. The van der Waals surface area contributed by atoms with Crippen LogP contribution in [0.25, 0.3) is 0 Å². The summed E-state index contributed by atoms with van der Waals surface area (Å²) >= 11 is 0. The first-order valence-electron chi connectivity index (χ1n) is 6.51. The zero-order valence-electron chi connectivity index (χ0n) is 10.2. The number of nitrogens with zero attached hydrogens (tertiary/aromatic N) is 1. The van der Waals surface area contributed by atoms with Gasteiger partial charge in [-0.3, -0.25) is 9.69 Å². The van der Waals surface area contributed by atoms with E-state index in [1.807, 2.05) is 0 Å². The lowest BCUT2D eigenvalue weighted by molar-refractivity contribution is -0.122. The van der Waals surface area contributed by atoms with E-state index in [2.05, 4.69) is 22.5 Å². The predicted octanol–water partition coefficient (Wildman–Crippen LogP) is 0.196. The highest BCUT2D eigenvalue weighted by atomic mass is 16.2. The predicted molar refractivity (Wildman–Crippen MR) is 64.3 cm³/mol. The van der Waals surface area contributed by atoms with E-state index < -0.39 is 0 Å². The van der Waals surface area contributed by atoms with Gasteiger partial charge in [0.25, 0.3) is 0 Å². The second-order valence-electron chi connectivity index (χ2n) is 4.96. The molecule has 1 heterocycles. The molecule has 1 amide bonds. The second-order valence-corrected chi connectivity index (χ2v) is 4.96. The first-order valence-corrected chi connectivity index (χ1v) is 6.51. The fourth-order valence-electron chi connectivity index (χ4n) is 2.27. The van der Waals surface area contributed by atoms with E-state index in [4.69, 9.17) is 0 Å². The lowest BCUT2D eigenvalue weighted by atomic mass is 10.2. The second kappa shape index (κ2) is 5.64. The Labute approximate surface area is 97.8 Å². The molecular formula is C12H23N3O. The molecule has 4 heteroatoms. The Kier molecular flexibility index (Phi) is 4.18. The number of nitrogens with one attached hydrogen (secondary N) is 2. The van der Waals surface area contributed by atoms with E-state index in [9.17, 15) is 4.79 Å². The van der Waals surface area contributed by atoms with Gasteiger partial charge in [0, 0.05) is 19.1 Å². The summed E-state index contributed by atoms with van der Waals surface area (Å²) in [6.45, 7) is 6.67. The van der Waals surface area contributed by atoms with Gasteiger partial charge in [0.15, 0.2) is 0 Å². The molecule has 0 spiro atoms. The van der Waals surface area contributed by atoms with Crippen molar-refractivity contribution in [3.63, 3.8) is 0 Å². The van der Waals surface area contributed by atoms with Gasteiger partial charge >= 0.3 is 0 Å².